The van der Waals surface area contributed by atoms with Crippen LogP contribution < -0.4 is 0 Å². The van der Waals surface area contributed by atoms with Crippen LogP contribution in [0.2, 0.25) is 18.1 Å². The van der Waals surface area contributed by atoms with Crippen LogP contribution in [0.15, 0.2) is 71.8 Å². The smallest absolute Gasteiger partial charge is 0.146 e. The predicted molar refractivity (Wildman–Crippen MR) is 148 cm³/mol. The van der Waals surface area contributed by atoms with Gasteiger partial charge in [0.25, 0.3) is 0 Å². The molecule has 0 aliphatic rings. The average molecular weight is 493 g/mol. The number of benzene rings is 2. The first-order valence-corrected chi connectivity index (χ1v) is 15.0. The van der Waals surface area contributed by atoms with Gasteiger partial charge in [0.1, 0.15) is 21.7 Å². The molecule has 0 aliphatic heterocycles. The molecule has 2 rings (SSSR count). The maximum absolute atomic E-state index is 5.88. The Morgan fingerprint density at radius 3 is 1.86 bits per heavy atom. The Bertz CT molecular complexity index is 975. The quantitative estimate of drug-likeness (QED) is 0.0954. The third-order valence-corrected chi connectivity index (χ3v) is 11.0. The molecule has 0 amide bonds. The topological polar surface area (TPSA) is 36.9 Å². The molecule has 0 unspecified atom stereocenters. The SMILES string of the molecule is CC[Si](C#C/C(COCOC)=C(/C(=C/c1ccccc1)COCOC)c1ccccc1)(CC)CC. The van der Waals surface area contributed by atoms with Crippen molar-refractivity contribution >= 4 is 19.7 Å². The fourth-order valence-electron chi connectivity index (χ4n) is 3.95. The Kier molecular flexibility index (Phi) is 13.4. The van der Waals surface area contributed by atoms with Crippen LogP contribution in [-0.4, -0.2) is 49.1 Å². The van der Waals surface area contributed by atoms with Crippen LogP contribution in [0.4, 0.5) is 0 Å². The molecule has 0 atom stereocenters. The van der Waals surface area contributed by atoms with Crippen LogP contribution in [-0.2, 0) is 18.9 Å². The van der Waals surface area contributed by atoms with Crippen LogP contribution in [0, 0.1) is 11.5 Å². The van der Waals surface area contributed by atoms with E-state index in [0.29, 0.717) is 13.2 Å². The molecule has 0 bridgehead atoms. The van der Waals surface area contributed by atoms with Gasteiger partial charge < -0.3 is 18.9 Å². The lowest BCUT2D eigenvalue weighted by atomic mass is 9.92. The molecular weight excluding hydrogens is 452 g/mol. The molecule has 0 fully saturated rings. The Morgan fingerprint density at radius 2 is 1.31 bits per heavy atom. The van der Waals surface area contributed by atoms with E-state index in [-0.39, 0.29) is 13.6 Å². The summed E-state index contributed by atoms with van der Waals surface area (Å²) in [5.41, 5.74) is 8.96. The molecule has 4 nitrogen and oxygen atoms in total. The van der Waals surface area contributed by atoms with E-state index < -0.39 is 8.07 Å². The molecule has 35 heavy (non-hydrogen) atoms. The molecule has 5 heteroatoms. The molecule has 2 aromatic carbocycles. The normalized spacial score (nSPS) is 12.7. The summed E-state index contributed by atoms with van der Waals surface area (Å²) in [5, 5.41) is 0. The summed E-state index contributed by atoms with van der Waals surface area (Å²) >= 11 is 0. The highest BCUT2D eigenvalue weighted by molar-refractivity contribution is 6.87. The van der Waals surface area contributed by atoms with Gasteiger partial charge in [-0.1, -0.05) is 87.4 Å². The van der Waals surface area contributed by atoms with Crippen molar-refractivity contribution in [1.82, 2.24) is 0 Å². The highest BCUT2D eigenvalue weighted by Gasteiger charge is 2.24. The molecule has 0 aromatic heterocycles. The third-order valence-electron chi connectivity index (χ3n) is 6.24. The predicted octanol–water partition coefficient (Wildman–Crippen LogP) is 6.82. The van der Waals surface area contributed by atoms with Gasteiger partial charge in [-0.3, -0.25) is 0 Å². The first-order valence-electron chi connectivity index (χ1n) is 12.3. The van der Waals surface area contributed by atoms with Gasteiger partial charge in [-0.15, -0.1) is 5.54 Å². The Hall–Kier alpha value is -2.46. The van der Waals surface area contributed by atoms with Crippen LogP contribution >= 0.6 is 0 Å². The lowest BCUT2D eigenvalue weighted by molar-refractivity contribution is -0.0210. The van der Waals surface area contributed by atoms with E-state index in [0.717, 1.165) is 46.0 Å². The number of methoxy groups -OCH3 is 2. The molecule has 0 spiro atoms. The monoisotopic (exact) mass is 492 g/mol. The first kappa shape index (κ1) is 28.8. The second-order valence-electron chi connectivity index (χ2n) is 8.40. The van der Waals surface area contributed by atoms with E-state index in [9.17, 15) is 0 Å². The molecule has 0 N–H and O–H groups in total. The number of ether oxygens (including phenoxy) is 4. The zero-order valence-corrected chi connectivity index (χ0v) is 22.9. The van der Waals surface area contributed by atoms with Gasteiger partial charge in [-0.2, -0.15) is 0 Å². The van der Waals surface area contributed by atoms with E-state index in [4.69, 9.17) is 18.9 Å². The van der Waals surface area contributed by atoms with Gasteiger partial charge in [0.15, 0.2) is 0 Å². The lowest BCUT2D eigenvalue weighted by Gasteiger charge is -2.21. The third kappa shape index (κ3) is 9.25. The zero-order chi connectivity index (χ0) is 25.4. The summed E-state index contributed by atoms with van der Waals surface area (Å²) in [5.74, 6) is 3.61. The highest BCUT2D eigenvalue weighted by atomic mass is 28.3. The largest absolute Gasteiger partial charge is 0.359 e. The Morgan fingerprint density at radius 1 is 0.771 bits per heavy atom. The molecule has 2 aromatic rings. The van der Waals surface area contributed by atoms with Crippen LogP contribution in [0.1, 0.15) is 31.9 Å². The van der Waals surface area contributed by atoms with Crippen molar-refractivity contribution in [3.05, 3.63) is 82.9 Å². The van der Waals surface area contributed by atoms with E-state index in [1.807, 2.05) is 24.3 Å². The fourth-order valence-corrected chi connectivity index (χ4v) is 6.40. The summed E-state index contributed by atoms with van der Waals surface area (Å²) in [4.78, 5) is 0. The fraction of sp³-hybridized carbons (Fsp3) is 0.400. The summed E-state index contributed by atoms with van der Waals surface area (Å²) in [7, 11) is 1.60. The van der Waals surface area contributed by atoms with Crippen molar-refractivity contribution in [3.63, 3.8) is 0 Å². The van der Waals surface area contributed by atoms with E-state index in [1.165, 1.54) is 0 Å². The van der Waals surface area contributed by atoms with E-state index >= 15 is 0 Å². The van der Waals surface area contributed by atoms with Gasteiger partial charge >= 0.3 is 0 Å². The zero-order valence-electron chi connectivity index (χ0n) is 21.9. The Labute approximate surface area is 213 Å². The van der Waals surface area contributed by atoms with Gasteiger partial charge in [0.2, 0.25) is 0 Å². The van der Waals surface area contributed by atoms with Gasteiger partial charge in [0, 0.05) is 25.4 Å². The maximum atomic E-state index is 5.88. The molecule has 0 saturated carbocycles. The van der Waals surface area contributed by atoms with Crippen LogP contribution in [0.3, 0.4) is 0 Å². The summed E-state index contributed by atoms with van der Waals surface area (Å²) in [6.07, 6.45) is 2.17. The van der Waals surface area contributed by atoms with Gasteiger partial charge in [-0.05, 0) is 40.9 Å². The molecular formula is C30H40O4Si. The van der Waals surface area contributed by atoms with E-state index in [1.54, 1.807) is 14.2 Å². The summed E-state index contributed by atoms with van der Waals surface area (Å²) < 4.78 is 22.1. The van der Waals surface area contributed by atoms with Crippen molar-refractivity contribution in [1.29, 1.82) is 0 Å². The number of hydrogen-bond acceptors (Lipinski definition) is 4. The molecule has 0 radical (unpaired) electrons. The molecule has 0 aliphatic carbocycles. The van der Waals surface area contributed by atoms with Crippen molar-refractivity contribution in [2.75, 3.05) is 41.0 Å². The minimum atomic E-state index is -1.67. The van der Waals surface area contributed by atoms with Gasteiger partial charge in [-0.25, -0.2) is 0 Å². The van der Waals surface area contributed by atoms with Crippen molar-refractivity contribution < 1.29 is 18.9 Å². The molecule has 0 saturated heterocycles. The van der Waals surface area contributed by atoms with Crippen molar-refractivity contribution in [3.8, 4) is 11.5 Å². The second-order valence-corrected chi connectivity index (χ2v) is 13.3. The van der Waals surface area contributed by atoms with Crippen LogP contribution in [0.5, 0.6) is 0 Å². The second kappa shape index (κ2) is 16.3. The van der Waals surface area contributed by atoms with Crippen molar-refractivity contribution in [2.45, 2.75) is 38.9 Å². The number of rotatable bonds is 14. The lowest BCUT2D eigenvalue weighted by Crippen LogP contribution is -2.29. The Balaban J connectivity index is 2.77. The molecule has 188 valence electrons. The van der Waals surface area contributed by atoms with E-state index in [2.05, 4.69) is 74.7 Å². The van der Waals surface area contributed by atoms with Crippen LogP contribution in [0.25, 0.3) is 11.6 Å². The first-order chi connectivity index (χ1) is 17.1. The number of hydrogen-bond donors (Lipinski definition) is 0. The summed E-state index contributed by atoms with van der Waals surface area (Å²) in [6.45, 7) is 8.00. The maximum Gasteiger partial charge on any atom is 0.146 e. The molecule has 0 heterocycles. The minimum absolute atomic E-state index is 0.211. The van der Waals surface area contributed by atoms with Gasteiger partial charge in [0.05, 0.1) is 13.2 Å². The average Bonchev–Trinajstić information content (AvgIpc) is 2.91. The van der Waals surface area contributed by atoms with Crippen molar-refractivity contribution in [2.24, 2.45) is 0 Å². The summed E-state index contributed by atoms with van der Waals surface area (Å²) in [6, 6.07) is 24.1. The standard InChI is InChI=1S/C30H40O4Si/c1-6-35(7-2,8-3)20-19-28(22-33-24-31-4)30(27-17-13-10-14-18-27)29(23-34-25-32-5)21-26-15-11-9-12-16-26/h9-18,21H,6-8,22-25H2,1-5H3/b29-21+,30-28-. The highest BCUT2D eigenvalue weighted by Crippen LogP contribution is 2.30. The minimum Gasteiger partial charge on any atom is -0.359 e.